The van der Waals surface area contributed by atoms with Crippen LogP contribution < -0.4 is 4.46 Å². The van der Waals surface area contributed by atoms with Crippen LogP contribution >= 0.6 is 11.6 Å². The van der Waals surface area contributed by atoms with Crippen molar-refractivity contribution in [3.63, 3.8) is 0 Å². The van der Waals surface area contributed by atoms with Crippen molar-refractivity contribution in [2.75, 3.05) is 0 Å². The summed E-state index contributed by atoms with van der Waals surface area (Å²) in [5.41, 5.74) is 0. The van der Waals surface area contributed by atoms with Crippen LogP contribution in [0.1, 0.15) is 62.1 Å². The van der Waals surface area contributed by atoms with Gasteiger partial charge in [0, 0.05) is 0 Å². The van der Waals surface area contributed by atoms with Crippen LogP contribution in [0.5, 0.6) is 0 Å². The Kier molecular flexibility index (Phi) is 3.55. The second kappa shape index (κ2) is 5.55. The average molecular weight is 388 g/mol. The van der Waals surface area contributed by atoms with Crippen LogP contribution in [0, 0.1) is 0 Å². The minimum absolute atomic E-state index is 0.198. The van der Waals surface area contributed by atoms with Crippen molar-refractivity contribution in [2.45, 2.75) is 61.0 Å². The molecule has 3 aliphatic rings. The molecule has 0 bridgehead atoms. The van der Waals surface area contributed by atoms with Crippen LogP contribution in [0.4, 0.5) is 4.39 Å². The van der Waals surface area contributed by atoms with Crippen LogP contribution in [0.2, 0.25) is 5.02 Å². The fraction of sp³-hybridized carbons (Fsp3) is 0.556. The molecule has 0 N–H and O–H groups in total. The van der Waals surface area contributed by atoms with Crippen molar-refractivity contribution in [1.29, 1.82) is 0 Å². The summed E-state index contributed by atoms with van der Waals surface area (Å²) in [6.07, 6.45) is 5.27. The number of nitrogens with zero attached hydrogens (tertiary/aromatic N) is 3. The number of hydrogen-bond donors (Lipinski definition) is 0. The maximum absolute atomic E-state index is 13.9. The molecule has 0 atom stereocenters. The van der Waals surface area contributed by atoms with E-state index in [1.165, 1.54) is 30.1 Å². The Hall–Kier alpha value is -0.901. The summed E-state index contributed by atoms with van der Waals surface area (Å²) in [5.74, 6) is 2.78. The van der Waals surface area contributed by atoms with Gasteiger partial charge in [-0.1, -0.05) is 0 Å². The van der Waals surface area contributed by atoms with E-state index in [0.29, 0.717) is 24.8 Å². The van der Waals surface area contributed by atoms with Crippen LogP contribution in [0.25, 0.3) is 0 Å². The van der Waals surface area contributed by atoms with Gasteiger partial charge in [0.25, 0.3) is 0 Å². The fourth-order valence-electron chi connectivity index (χ4n) is 3.52. The molecular weight excluding hydrogens is 369 g/mol. The molecule has 24 heavy (non-hydrogen) atoms. The van der Waals surface area contributed by atoms with E-state index >= 15 is 0 Å². The summed E-state index contributed by atoms with van der Waals surface area (Å²) in [5, 5.41) is 9.88. The molecule has 0 unspecified atom stereocenters. The van der Waals surface area contributed by atoms with E-state index in [1.54, 1.807) is 0 Å². The molecule has 0 radical (unpaired) electrons. The molecule has 3 fully saturated rings. The molecule has 3 saturated carbocycles. The van der Waals surface area contributed by atoms with Gasteiger partial charge in [0.05, 0.1) is 0 Å². The molecule has 2 aromatic rings. The molecule has 0 saturated heterocycles. The summed E-state index contributed by atoms with van der Waals surface area (Å²) >= 11 is 6.82. The number of rotatable bonds is 5. The van der Waals surface area contributed by atoms with Gasteiger partial charge >= 0.3 is 152 Å². The molecule has 0 amide bonds. The molecule has 1 aromatic carbocycles. The SMILES string of the molecule is FC1C[C]([Fe][c]2ccc(Cl)cc2)(c2nnc(C3CC3)n2C2CC2)C1. The van der Waals surface area contributed by atoms with Gasteiger partial charge in [-0.3, -0.25) is 0 Å². The molecule has 128 valence electrons. The summed E-state index contributed by atoms with van der Waals surface area (Å²) in [4.78, 5) is 0. The van der Waals surface area contributed by atoms with E-state index in [9.17, 15) is 4.39 Å². The first-order valence-electron chi connectivity index (χ1n) is 8.63. The van der Waals surface area contributed by atoms with E-state index in [1.807, 2.05) is 12.1 Å². The second-order valence-corrected chi connectivity index (χ2v) is 9.62. The third-order valence-corrected chi connectivity index (χ3v) is 7.28. The molecular formula is C18H19ClFFeN3. The van der Waals surface area contributed by atoms with Gasteiger partial charge in [0.15, 0.2) is 0 Å². The van der Waals surface area contributed by atoms with Crippen molar-refractivity contribution in [1.82, 2.24) is 14.8 Å². The molecule has 0 spiro atoms. The van der Waals surface area contributed by atoms with Crippen molar-refractivity contribution in [3.8, 4) is 0 Å². The standard InChI is InChI=1S/C12H15FN3.C6H4Cl.Fe/c13-9-5-8(6-9)12-15-14-11(7-1-2-7)16(12)10-3-4-10;7-6-4-2-1-3-5-6;/h7,9-10H,1-6H2;2-5H;. The average Bonchev–Trinajstić information content (AvgIpc) is 3.46. The second-order valence-electron chi connectivity index (χ2n) is 7.22. The van der Waals surface area contributed by atoms with Crippen LogP contribution in [0.3, 0.4) is 0 Å². The van der Waals surface area contributed by atoms with Crippen LogP contribution in [-0.4, -0.2) is 20.9 Å². The van der Waals surface area contributed by atoms with Gasteiger partial charge in [-0.25, -0.2) is 0 Å². The van der Waals surface area contributed by atoms with E-state index in [4.69, 9.17) is 11.6 Å². The first kappa shape index (κ1) is 15.4. The predicted octanol–water partition coefficient (Wildman–Crippen LogP) is 3.88. The Bertz CT molecular complexity index is 761. The van der Waals surface area contributed by atoms with E-state index < -0.39 is 6.17 Å². The quantitative estimate of drug-likeness (QED) is 0.729. The third-order valence-electron chi connectivity index (χ3n) is 5.12. The number of alkyl halides is 1. The van der Waals surface area contributed by atoms with Gasteiger partial charge in [-0.15, -0.1) is 0 Å². The first-order chi connectivity index (χ1) is 11.6. The predicted molar refractivity (Wildman–Crippen MR) is 87.2 cm³/mol. The van der Waals surface area contributed by atoms with Crippen LogP contribution in [0.15, 0.2) is 24.3 Å². The Labute approximate surface area is 152 Å². The zero-order chi connectivity index (χ0) is 16.3. The Balaban J connectivity index is 1.53. The van der Waals surface area contributed by atoms with Crippen molar-refractivity contribution in [3.05, 3.63) is 40.9 Å². The molecule has 1 heterocycles. The summed E-state index contributed by atoms with van der Waals surface area (Å²) in [6, 6.07) is 8.48. The Morgan fingerprint density at radius 3 is 2.38 bits per heavy atom. The van der Waals surface area contributed by atoms with Gasteiger partial charge in [0.1, 0.15) is 0 Å². The van der Waals surface area contributed by atoms with Crippen molar-refractivity contribution in [2.24, 2.45) is 0 Å². The van der Waals surface area contributed by atoms with Gasteiger partial charge < -0.3 is 0 Å². The molecule has 5 rings (SSSR count). The summed E-state index contributed by atoms with van der Waals surface area (Å²) in [7, 11) is 0. The molecule has 0 aliphatic heterocycles. The van der Waals surface area contributed by atoms with Crippen LogP contribution in [-0.2, 0) is 19.3 Å². The number of benzene rings is 1. The number of aromatic nitrogens is 3. The van der Waals surface area contributed by atoms with E-state index in [-0.39, 0.29) is 4.31 Å². The zero-order valence-electron chi connectivity index (χ0n) is 13.2. The fourth-order valence-corrected chi connectivity index (χ4v) is 5.65. The number of halogens is 2. The minimum atomic E-state index is -0.717. The van der Waals surface area contributed by atoms with Crippen molar-refractivity contribution < 1.29 is 19.3 Å². The molecule has 3 aliphatic carbocycles. The third kappa shape index (κ3) is 2.61. The summed E-state index contributed by atoms with van der Waals surface area (Å²) in [6.45, 7) is 0. The summed E-state index contributed by atoms with van der Waals surface area (Å²) < 4.78 is 17.3. The Morgan fingerprint density at radius 1 is 1.08 bits per heavy atom. The maximum atomic E-state index is 13.9. The molecule has 1 aromatic heterocycles. The van der Waals surface area contributed by atoms with Gasteiger partial charge in [-0.05, 0) is 0 Å². The van der Waals surface area contributed by atoms with Gasteiger partial charge in [-0.2, -0.15) is 0 Å². The molecule has 3 nitrogen and oxygen atoms in total. The number of hydrogen-bond acceptors (Lipinski definition) is 2. The van der Waals surface area contributed by atoms with E-state index in [2.05, 4.69) is 26.9 Å². The van der Waals surface area contributed by atoms with Crippen molar-refractivity contribution >= 4 is 16.1 Å². The van der Waals surface area contributed by atoms with E-state index in [0.717, 1.165) is 31.6 Å². The normalized spacial score (nSPS) is 29.7. The topological polar surface area (TPSA) is 30.7 Å². The molecule has 6 heteroatoms. The monoisotopic (exact) mass is 387 g/mol. The zero-order valence-corrected chi connectivity index (χ0v) is 15.1. The first-order valence-corrected chi connectivity index (χ1v) is 10.1. The Morgan fingerprint density at radius 2 is 1.79 bits per heavy atom. The van der Waals surface area contributed by atoms with Gasteiger partial charge in [0.2, 0.25) is 0 Å².